The largest absolute Gasteiger partial charge is 0.378 e. The maximum Gasteiger partial charge on any atom is 0.232 e. The molecule has 0 spiro atoms. The second kappa shape index (κ2) is 8.00. The molecule has 1 saturated carbocycles. The lowest BCUT2D eigenvalue weighted by atomic mass is 9.87. The molecule has 136 valence electrons. The second-order valence-electron chi connectivity index (χ2n) is 7.38. The number of ether oxygens (including phenoxy) is 1. The van der Waals surface area contributed by atoms with Crippen LogP contribution >= 0.6 is 0 Å². The van der Waals surface area contributed by atoms with Gasteiger partial charge in [-0.3, -0.25) is 9.59 Å². The van der Waals surface area contributed by atoms with Gasteiger partial charge in [-0.1, -0.05) is 50.1 Å². The highest BCUT2D eigenvalue weighted by atomic mass is 16.5. The number of amides is 2. The van der Waals surface area contributed by atoms with Crippen molar-refractivity contribution in [1.29, 1.82) is 0 Å². The van der Waals surface area contributed by atoms with Gasteiger partial charge in [-0.25, -0.2) is 0 Å². The summed E-state index contributed by atoms with van der Waals surface area (Å²) in [5, 5.41) is 3.07. The van der Waals surface area contributed by atoms with E-state index in [0.717, 1.165) is 31.2 Å². The smallest absolute Gasteiger partial charge is 0.232 e. The van der Waals surface area contributed by atoms with Gasteiger partial charge in [0.15, 0.2) is 0 Å². The molecule has 1 atom stereocenters. The van der Waals surface area contributed by atoms with Crippen molar-refractivity contribution in [3.05, 3.63) is 35.9 Å². The Bertz CT molecular complexity index is 590. The van der Waals surface area contributed by atoms with Gasteiger partial charge in [0.25, 0.3) is 0 Å². The third-order valence-electron chi connectivity index (χ3n) is 5.54. The predicted octanol–water partition coefficient (Wildman–Crippen LogP) is 2.33. The van der Waals surface area contributed by atoms with Crippen LogP contribution in [-0.2, 0) is 14.3 Å². The Labute approximate surface area is 149 Å². The zero-order chi connectivity index (χ0) is 17.7. The standard InChI is InChI=1S/C20H28N2O3/c1-20(9-5-6-10-20)19(24)21-15-17(16-7-3-2-4-8-16)18(23)22-11-13-25-14-12-22/h2-4,7-8,17H,5-6,9-15H2,1H3,(H,21,24). The summed E-state index contributed by atoms with van der Waals surface area (Å²) in [6.45, 7) is 4.79. The minimum atomic E-state index is -0.340. The summed E-state index contributed by atoms with van der Waals surface area (Å²) >= 11 is 0. The van der Waals surface area contributed by atoms with E-state index < -0.39 is 0 Å². The molecule has 1 N–H and O–H groups in total. The van der Waals surface area contributed by atoms with Gasteiger partial charge < -0.3 is 15.0 Å². The Hall–Kier alpha value is -1.88. The van der Waals surface area contributed by atoms with E-state index in [-0.39, 0.29) is 23.1 Å². The lowest BCUT2D eigenvalue weighted by Gasteiger charge is -2.31. The van der Waals surface area contributed by atoms with E-state index in [9.17, 15) is 9.59 Å². The van der Waals surface area contributed by atoms with Gasteiger partial charge in [0.1, 0.15) is 0 Å². The molecule has 1 heterocycles. The van der Waals surface area contributed by atoms with Crippen LogP contribution in [0.3, 0.4) is 0 Å². The topological polar surface area (TPSA) is 58.6 Å². The van der Waals surface area contributed by atoms with Gasteiger partial charge in [0.2, 0.25) is 11.8 Å². The number of morpholine rings is 1. The molecule has 1 aromatic carbocycles. The van der Waals surface area contributed by atoms with Crippen LogP contribution in [0.5, 0.6) is 0 Å². The van der Waals surface area contributed by atoms with Crippen molar-refractivity contribution < 1.29 is 14.3 Å². The fourth-order valence-electron chi connectivity index (χ4n) is 3.83. The molecule has 2 amide bonds. The average Bonchev–Trinajstić information content (AvgIpc) is 3.11. The Morgan fingerprint density at radius 2 is 1.80 bits per heavy atom. The zero-order valence-corrected chi connectivity index (χ0v) is 15.0. The SMILES string of the molecule is CC1(C(=O)NCC(C(=O)N2CCOCC2)c2ccccc2)CCCC1. The molecule has 2 aliphatic rings. The normalized spacial score (nSPS) is 20.9. The summed E-state index contributed by atoms with van der Waals surface area (Å²) in [6.07, 6.45) is 4.09. The van der Waals surface area contributed by atoms with Crippen LogP contribution in [0.15, 0.2) is 30.3 Å². The van der Waals surface area contributed by atoms with Gasteiger partial charge in [0, 0.05) is 25.0 Å². The summed E-state index contributed by atoms with van der Waals surface area (Å²) in [5.74, 6) is -0.180. The number of benzene rings is 1. The fourth-order valence-corrected chi connectivity index (χ4v) is 3.83. The van der Waals surface area contributed by atoms with Crippen molar-refractivity contribution in [1.82, 2.24) is 10.2 Å². The fraction of sp³-hybridized carbons (Fsp3) is 0.600. The number of carbonyl (C=O) groups excluding carboxylic acids is 2. The number of hydrogen-bond donors (Lipinski definition) is 1. The third-order valence-corrected chi connectivity index (χ3v) is 5.54. The Morgan fingerprint density at radius 1 is 1.16 bits per heavy atom. The average molecular weight is 344 g/mol. The molecule has 1 unspecified atom stereocenters. The zero-order valence-electron chi connectivity index (χ0n) is 15.0. The first-order chi connectivity index (χ1) is 12.1. The van der Waals surface area contributed by atoms with Crippen molar-refractivity contribution >= 4 is 11.8 Å². The molecule has 1 aliphatic carbocycles. The monoisotopic (exact) mass is 344 g/mol. The molecule has 2 fully saturated rings. The van der Waals surface area contributed by atoms with E-state index in [4.69, 9.17) is 4.74 Å². The van der Waals surface area contributed by atoms with E-state index in [0.29, 0.717) is 32.8 Å². The van der Waals surface area contributed by atoms with E-state index in [1.807, 2.05) is 42.2 Å². The maximum absolute atomic E-state index is 13.0. The highest BCUT2D eigenvalue weighted by molar-refractivity contribution is 5.86. The van der Waals surface area contributed by atoms with Crippen molar-refractivity contribution in [2.75, 3.05) is 32.8 Å². The second-order valence-corrected chi connectivity index (χ2v) is 7.38. The third kappa shape index (κ3) is 4.21. The quantitative estimate of drug-likeness (QED) is 0.892. The minimum Gasteiger partial charge on any atom is -0.378 e. The molecule has 25 heavy (non-hydrogen) atoms. The highest BCUT2D eigenvalue weighted by Gasteiger charge is 2.37. The van der Waals surface area contributed by atoms with E-state index in [1.54, 1.807) is 0 Å². The van der Waals surface area contributed by atoms with Crippen LogP contribution in [-0.4, -0.2) is 49.6 Å². The van der Waals surface area contributed by atoms with Gasteiger partial charge in [-0.05, 0) is 18.4 Å². The van der Waals surface area contributed by atoms with E-state index in [2.05, 4.69) is 5.32 Å². The number of nitrogens with one attached hydrogen (secondary N) is 1. The summed E-state index contributed by atoms with van der Waals surface area (Å²) in [6, 6.07) is 9.75. The molecule has 1 saturated heterocycles. The van der Waals surface area contributed by atoms with Gasteiger partial charge in [-0.2, -0.15) is 0 Å². The molecule has 1 aliphatic heterocycles. The number of rotatable bonds is 5. The summed E-state index contributed by atoms with van der Waals surface area (Å²) in [5.41, 5.74) is 0.680. The maximum atomic E-state index is 13.0. The molecule has 5 heteroatoms. The molecule has 0 aromatic heterocycles. The van der Waals surface area contributed by atoms with E-state index in [1.165, 1.54) is 0 Å². The minimum absolute atomic E-state index is 0.0753. The first kappa shape index (κ1) is 17.9. The lowest BCUT2D eigenvalue weighted by molar-refractivity contribution is -0.137. The molecule has 0 bridgehead atoms. The van der Waals surface area contributed by atoms with Crippen LogP contribution in [0.4, 0.5) is 0 Å². The predicted molar refractivity (Wildman–Crippen MR) is 96.2 cm³/mol. The summed E-state index contributed by atoms with van der Waals surface area (Å²) in [7, 11) is 0. The van der Waals surface area contributed by atoms with Crippen molar-refractivity contribution in [3.8, 4) is 0 Å². The first-order valence-electron chi connectivity index (χ1n) is 9.30. The van der Waals surface area contributed by atoms with Crippen LogP contribution < -0.4 is 5.32 Å². The molecular formula is C20H28N2O3. The van der Waals surface area contributed by atoms with Gasteiger partial charge >= 0.3 is 0 Å². The number of nitrogens with zero attached hydrogens (tertiary/aromatic N) is 1. The highest BCUT2D eigenvalue weighted by Crippen LogP contribution is 2.37. The van der Waals surface area contributed by atoms with Gasteiger partial charge in [-0.15, -0.1) is 0 Å². The van der Waals surface area contributed by atoms with Crippen LogP contribution in [0.25, 0.3) is 0 Å². The molecule has 0 radical (unpaired) electrons. The Kier molecular flexibility index (Phi) is 5.74. The molecule has 1 aromatic rings. The van der Waals surface area contributed by atoms with Crippen LogP contribution in [0.2, 0.25) is 0 Å². The first-order valence-corrected chi connectivity index (χ1v) is 9.30. The summed E-state index contributed by atoms with van der Waals surface area (Å²) in [4.78, 5) is 27.5. The summed E-state index contributed by atoms with van der Waals surface area (Å²) < 4.78 is 5.35. The van der Waals surface area contributed by atoms with Crippen LogP contribution in [0, 0.1) is 5.41 Å². The number of hydrogen-bond acceptors (Lipinski definition) is 3. The molecule has 3 rings (SSSR count). The molecule has 5 nitrogen and oxygen atoms in total. The van der Waals surface area contributed by atoms with Crippen molar-refractivity contribution in [2.24, 2.45) is 5.41 Å². The van der Waals surface area contributed by atoms with Crippen molar-refractivity contribution in [3.63, 3.8) is 0 Å². The van der Waals surface area contributed by atoms with Gasteiger partial charge in [0.05, 0.1) is 19.1 Å². The molecular weight excluding hydrogens is 316 g/mol. The number of carbonyl (C=O) groups is 2. The van der Waals surface area contributed by atoms with Crippen LogP contribution in [0.1, 0.15) is 44.1 Å². The van der Waals surface area contributed by atoms with E-state index >= 15 is 0 Å². The Morgan fingerprint density at radius 3 is 2.44 bits per heavy atom. The van der Waals surface area contributed by atoms with Crippen molar-refractivity contribution in [2.45, 2.75) is 38.5 Å². The Balaban J connectivity index is 1.70. The lowest BCUT2D eigenvalue weighted by Crippen LogP contribution is -2.47.